The van der Waals surface area contributed by atoms with E-state index in [1.807, 2.05) is 36.1 Å². The Morgan fingerprint density at radius 1 is 1.44 bits per heavy atom. The second kappa shape index (κ2) is 7.07. The summed E-state index contributed by atoms with van der Waals surface area (Å²) in [5.74, 6) is 0.102. The number of benzene rings is 1. The minimum Gasteiger partial charge on any atom is -0.339 e. The minimum absolute atomic E-state index is 0.102. The van der Waals surface area contributed by atoms with E-state index in [-0.39, 0.29) is 5.91 Å². The molecule has 88 valence electrons. The SMILES string of the molecule is CCN(CCCBr)C(=O)c1cccc(Br)c1. The zero-order valence-corrected chi connectivity index (χ0v) is 12.4. The van der Waals surface area contributed by atoms with E-state index in [1.165, 1.54) is 0 Å². The quantitative estimate of drug-likeness (QED) is 0.743. The summed E-state index contributed by atoms with van der Waals surface area (Å²) in [6.45, 7) is 3.55. The molecule has 0 aromatic heterocycles. The molecule has 1 aromatic rings. The molecule has 1 amide bonds. The molecule has 0 aliphatic rings. The first-order chi connectivity index (χ1) is 7.69. The van der Waals surface area contributed by atoms with Crippen LogP contribution in [0.4, 0.5) is 0 Å². The van der Waals surface area contributed by atoms with Gasteiger partial charge >= 0.3 is 0 Å². The fraction of sp³-hybridized carbons (Fsp3) is 0.417. The Labute approximate surface area is 113 Å². The van der Waals surface area contributed by atoms with Crippen LogP contribution in [0.1, 0.15) is 23.7 Å². The van der Waals surface area contributed by atoms with Crippen molar-refractivity contribution in [3.8, 4) is 0 Å². The maximum Gasteiger partial charge on any atom is 0.253 e. The molecule has 0 atom stereocenters. The molecule has 16 heavy (non-hydrogen) atoms. The predicted octanol–water partition coefficient (Wildman–Crippen LogP) is 3.70. The topological polar surface area (TPSA) is 20.3 Å². The summed E-state index contributed by atoms with van der Waals surface area (Å²) in [5, 5.41) is 0.926. The lowest BCUT2D eigenvalue weighted by Crippen LogP contribution is -2.31. The van der Waals surface area contributed by atoms with Gasteiger partial charge in [0.1, 0.15) is 0 Å². The fourth-order valence-corrected chi connectivity index (χ4v) is 2.11. The summed E-state index contributed by atoms with van der Waals surface area (Å²) in [5.41, 5.74) is 0.741. The lowest BCUT2D eigenvalue weighted by molar-refractivity contribution is 0.0765. The number of carbonyl (C=O) groups is 1. The van der Waals surface area contributed by atoms with Crippen LogP contribution in [0.5, 0.6) is 0 Å². The van der Waals surface area contributed by atoms with Crippen molar-refractivity contribution in [2.24, 2.45) is 0 Å². The normalized spacial score (nSPS) is 10.2. The zero-order chi connectivity index (χ0) is 12.0. The van der Waals surface area contributed by atoms with Crippen LogP contribution < -0.4 is 0 Å². The van der Waals surface area contributed by atoms with Gasteiger partial charge in [-0.25, -0.2) is 0 Å². The van der Waals surface area contributed by atoms with Crippen molar-refractivity contribution >= 4 is 37.8 Å². The number of hydrogen-bond donors (Lipinski definition) is 0. The van der Waals surface area contributed by atoms with Crippen molar-refractivity contribution in [3.05, 3.63) is 34.3 Å². The molecule has 0 spiro atoms. The Bertz CT molecular complexity index is 355. The molecule has 0 aliphatic heterocycles. The Balaban J connectivity index is 2.74. The second-order valence-corrected chi connectivity index (χ2v) is 5.15. The number of halogens is 2. The number of carbonyl (C=O) groups excluding carboxylic acids is 1. The maximum absolute atomic E-state index is 12.1. The highest BCUT2D eigenvalue weighted by atomic mass is 79.9. The van der Waals surface area contributed by atoms with Crippen LogP contribution in [0.25, 0.3) is 0 Å². The summed E-state index contributed by atoms with van der Waals surface area (Å²) in [4.78, 5) is 14.0. The van der Waals surface area contributed by atoms with Crippen molar-refractivity contribution in [2.75, 3.05) is 18.4 Å². The molecule has 0 bridgehead atoms. The average molecular weight is 349 g/mol. The molecule has 1 rings (SSSR count). The van der Waals surface area contributed by atoms with E-state index in [4.69, 9.17) is 0 Å². The standard InChI is InChI=1S/C12H15Br2NO/c1-2-15(8-4-7-13)12(16)10-5-3-6-11(14)9-10/h3,5-6,9H,2,4,7-8H2,1H3. The monoisotopic (exact) mass is 347 g/mol. The van der Waals surface area contributed by atoms with Crippen molar-refractivity contribution < 1.29 is 4.79 Å². The highest BCUT2D eigenvalue weighted by molar-refractivity contribution is 9.10. The van der Waals surface area contributed by atoms with E-state index in [1.54, 1.807) is 0 Å². The Hall–Kier alpha value is -0.350. The Morgan fingerprint density at radius 2 is 2.19 bits per heavy atom. The molecule has 4 heteroatoms. The summed E-state index contributed by atoms with van der Waals surface area (Å²) in [7, 11) is 0. The third-order valence-electron chi connectivity index (χ3n) is 2.30. The smallest absolute Gasteiger partial charge is 0.253 e. The molecule has 0 saturated heterocycles. The van der Waals surface area contributed by atoms with Gasteiger partial charge in [0, 0.05) is 28.5 Å². The van der Waals surface area contributed by atoms with E-state index in [9.17, 15) is 4.79 Å². The molecule has 0 unspecified atom stereocenters. The number of rotatable bonds is 5. The van der Waals surface area contributed by atoms with Crippen LogP contribution in [0, 0.1) is 0 Å². The van der Waals surface area contributed by atoms with E-state index in [0.717, 1.165) is 34.9 Å². The Kier molecular flexibility index (Phi) is 6.06. The molecular weight excluding hydrogens is 334 g/mol. The molecule has 0 saturated carbocycles. The van der Waals surface area contributed by atoms with E-state index < -0.39 is 0 Å². The van der Waals surface area contributed by atoms with Gasteiger partial charge in [-0.3, -0.25) is 4.79 Å². The van der Waals surface area contributed by atoms with Gasteiger partial charge in [-0.1, -0.05) is 37.9 Å². The van der Waals surface area contributed by atoms with Gasteiger partial charge < -0.3 is 4.90 Å². The summed E-state index contributed by atoms with van der Waals surface area (Å²) >= 11 is 6.75. The van der Waals surface area contributed by atoms with Gasteiger partial charge in [0.25, 0.3) is 5.91 Å². The van der Waals surface area contributed by atoms with Crippen LogP contribution in [-0.2, 0) is 0 Å². The minimum atomic E-state index is 0.102. The average Bonchev–Trinajstić information content (AvgIpc) is 2.29. The molecule has 1 aromatic carbocycles. The van der Waals surface area contributed by atoms with Gasteiger partial charge in [-0.05, 0) is 31.5 Å². The molecule has 0 N–H and O–H groups in total. The molecule has 0 fully saturated rings. The first-order valence-electron chi connectivity index (χ1n) is 5.29. The molecular formula is C12H15Br2NO. The molecule has 0 heterocycles. The number of nitrogens with zero attached hydrogens (tertiary/aromatic N) is 1. The molecule has 0 radical (unpaired) electrons. The number of alkyl halides is 1. The van der Waals surface area contributed by atoms with Crippen molar-refractivity contribution in [1.82, 2.24) is 4.90 Å². The van der Waals surface area contributed by atoms with Gasteiger partial charge in [0.05, 0.1) is 0 Å². The molecule has 2 nitrogen and oxygen atoms in total. The van der Waals surface area contributed by atoms with Gasteiger partial charge in [-0.2, -0.15) is 0 Å². The second-order valence-electron chi connectivity index (χ2n) is 3.44. The van der Waals surface area contributed by atoms with Crippen molar-refractivity contribution in [2.45, 2.75) is 13.3 Å². The largest absolute Gasteiger partial charge is 0.339 e. The Morgan fingerprint density at radius 3 is 2.75 bits per heavy atom. The first kappa shape index (κ1) is 13.7. The van der Waals surface area contributed by atoms with Crippen LogP contribution in [0.2, 0.25) is 0 Å². The number of amides is 1. The summed E-state index contributed by atoms with van der Waals surface area (Å²) in [6.07, 6.45) is 0.980. The van der Waals surface area contributed by atoms with E-state index in [2.05, 4.69) is 31.9 Å². The first-order valence-corrected chi connectivity index (χ1v) is 7.21. The van der Waals surface area contributed by atoms with Gasteiger partial charge in [0.15, 0.2) is 0 Å². The highest BCUT2D eigenvalue weighted by Gasteiger charge is 2.13. The third-order valence-corrected chi connectivity index (χ3v) is 3.36. The van der Waals surface area contributed by atoms with E-state index >= 15 is 0 Å². The predicted molar refractivity (Wildman–Crippen MR) is 74.1 cm³/mol. The molecule has 0 aliphatic carbocycles. The van der Waals surface area contributed by atoms with Crippen LogP contribution >= 0.6 is 31.9 Å². The third kappa shape index (κ3) is 3.91. The fourth-order valence-electron chi connectivity index (χ4n) is 1.46. The van der Waals surface area contributed by atoms with E-state index in [0.29, 0.717) is 0 Å². The van der Waals surface area contributed by atoms with Crippen LogP contribution in [-0.4, -0.2) is 29.2 Å². The highest BCUT2D eigenvalue weighted by Crippen LogP contribution is 2.13. The van der Waals surface area contributed by atoms with Crippen molar-refractivity contribution in [1.29, 1.82) is 0 Å². The number of hydrogen-bond acceptors (Lipinski definition) is 1. The summed E-state index contributed by atoms with van der Waals surface area (Å²) in [6, 6.07) is 7.52. The van der Waals surface area contributed by atoms with Crippen LogP contribution in [0.3, 0.4) is 0 Å². The lowest BCUT2D eigenvalue weighted by atomic mass is 10.2. The maximum atomic E-state index is 12.1. The van der Waals surface area contributed by atoms with Crippen molar-refractivity contribution in [3.63, 3.8) is 0 Å². The zero-order valence-electron chi connectivity index (χ0n) is 9.25. The summed E-state index contributed by atoms with van der Waals surface area (Å²) < 4.78 is 0.940. The van der Waals surface area contributed by atoms with Gasteiger partial charge in [-0.15, -0.1) is 0 Å². The lowest BCUT2D eigenvalue weighted by Gasteiger charge is -2.20. The van der Waals surface area contributed by atoms with Gasteiger partial charge in [0.2, 0.25) is 0 Å². The van der Waals surface area contributed by atoms with Crippen LogP contribution in [0.15, 0.2) is 28.7 Å².